The van der Waals surface area contributed by atoms with Crippen molar-refractivity contribution in [3.05, 3.63) is 34.9 Å². The molecule has 1 N–H and O–H groups in total. The van der Waals surface area contributed by atoms with E-state index in [2.05, 4.69) is 5.32 Å². The molecule has 1 aliphatic rings. The van der Waals surface area contributed by atoms with E-state index in [0.717, 1.165) is 18.6 Å². The second-order valence-electron chi connectivity index (χ2n) is 7.93. The molecule has 1 fully saturated rings. The first kappa shape index (κ1) is 23.5. The van der Waals surface area contributed by atoms with Crippen molar-refractivity contribution < 1.29 is 31.1 Å². The van der Waals surface area contributed by atoms with Gasteiger partial charge in [-0.1, -0.05) is 20.8 Å². The Labute approximate surface area is 166 Å². The summed E-state index contributed by atoms with van der Waals surface area (Å²) in [7, 11) is 0. The van der Waals surface area contributed by atoms with Crippen LogP contribution < -0.4 is 5.32 Å². The second kappa shape index (κ2) is 8.93. The van der Waals surface area contributed by atoms with Crippen LogP contribution in [0, 0.1) is 5.92 Å². The molecule has 0 aliphatic carbocycles. The van der Waals surface area contributed by atoms with E-state index in [1.165, 1.54) is 0 Å². The van der Waals surface area contributed by atoms with Gasteiger partial charge in [-0.05, 0) is 42.5 Å². The summed E-state index contributed by atoms with van der Waals surface area (Å²) >= 11 is 0. The van der Waals surface area contributed by atoms with Crippen molar-refractivity contribution in [1.82, 2.24) is 10.2 Å². The Morgan fingerprint density at radius 3 is 2.10 bits per heavy atom. The summed E-state index contributed by atoms with van der Waals surface area (Å²) in [5.74, 6) is 0.229. The molecule has 0 spiro atoms. The van der Waals surface area contributed by atoms with E-state index >= 15 is 0 Å². The number of halogens is 6. The van der Waals surface area contributed by atoms with Crippen LogP contribution in [0.15, 0.2) is 18.2 Å². The monoisotopic (exact) mass is 424 g/mol. The van der Waals surface area contributed by atoms with Crippen LogP contribution in [0.2, 0.25) is 0 Å². The molecule has 1 saturated heterocycles. The van der Waals surface area contributed by atoms with Gasteiger partial charge in [-0.25, -0.2) is 0 Å². The van der Waals surface area contributed by atoms with Crippen LogP contribution >= 0.6 is 0 Å². The minimum absolute atomic E-state index is 0.0194. The van der Waals surface area contributed by atoms with E-state index in [9.17, 15) is 31.1 Å². The molecule has 29 heavy (non-hydrogen) atoms. The lowest BCUT2D eigenvalue weighted by Crippen LogP contribution is -2.37. The molecule has 0 unspecified atom stereocenters. The molecule has 1 aromatic rings. The number of carbonyl (C=O) groups excluding carboxylic acids is 1. The smallest absolute Gasteiger partial charge is 0.338 e. The third-order valence-corrected chi connectivity index (χ3v) is 5.03. The largest absolute Gasteiger partial charge is 0.416 e. The van der Waals surface area contributed by atoms with Crippen molar-refractivity contribution in [3.63, 3.8) is 0 Å². The van der Waals surface area contributed by atoms with E-state index in [0.29, 0.717) is 19.4 Å². The standard InChI is InChI=1S/C20H26F6N2O/c1-4-17-9-16(11-28(17)18(29)5-12(2)3)27-10-13-6-14(19(21,22)23)8-15(7-13)20(24,25)26/h6-8,12,16-17,27H,4-5,9-11H2,1-3H3/t16-,17+/m0/s1. The van der Waals surface area contributed by atoms with Crippen LogP contribution in [-0.4, -0.2) is 29.4 Å². The molecule has 164 valence electrons. The Bertz CT molecular complexity index is 682. The minimum Gasteiger partial charge on any atom is -0.338 e. The first-order chi connectivity index (χ1) is 13.3. The Hall–Kier alpha value is -1.77. The van der Waals surface area contributed by atoms with Gasteiger partial charge in [0.15, 0.2) is 0 Å². The number of nitrogens with zero attached hydrogens (tertiary/aromatic N) is 1. The zero-order valence-electron chi connectivity index (χ0n) is 16.6. The number of nitrogens with one attached hydrogen (secondary N) is 1. The van der Waals surface area contributed by atoms with Crippen molar-refractivity contribution in [3.8, 4) is 0 Å². The quantitative estimate of drug-likeness (QED) is 0.634. The van der Waals surface area contributed by atoms with Crippen molar-refractivity contribution in [2.75, 3.05) is 6.54 Å². The number of carbonyl (C=O) groups is 1. The summed E-state index contributed by atoms with van der Waals surface area (Å²) in [6.07, 6.45) is -7.96. The lowest BCUT2D eigenvalue weighted by atomic mass is 10.0. The van der Waals surface area contributed by atoms with Gasteiger partial charge in [-0.3, -0.25) is 4.79 Å². The fraction of sp³-hybridized carbons (Fsp3) is 0.650. The molecule has 0 aromatic heterocycles. The van der Waals surface area contributed by atoms with Gasteiger partial charge in [0.2, 0.25) is 5.91 Å². The highest BCUT2D eigenvalue weighted by molar-refractivity contribution is 5.77. The molecule has 9 heteroatoms. The SMILES string of the molecule is CC[C@@H]1C[C@H](NCc2cc(C(F)(F)F)cc(C(F)(F)F)c2)CN1C(=O)CC(C)C. The molecule has 1 amide bonds. The van der Waals surface area contributed by atoms with E-state index in [-0.39, 0.29) is 42.1 Å². The minimum atomic E-state index is -4.86. The average molecular weight is 424 g/mol. The van der Waals surface area contributed by atoms with E-state index in [1.807, 2.05) is 20.8 Å². The van der Waals surface area contributed by atoms with Crippen LogP contribution in [0.3, 0.4) is 0 Å². The van der Waals surface area contributed by atoms with Gasteiger partial charge in [0.25, 0.3) is 0 Å². The van der Waals surface area contributed by atoms with Gasteiger partial charge in [0.05, 0.1) is 11.1 Å². The van der Waals surface area contributed by atoms with Gasteiger partial charge in [0.1, 0.15) is 0 Å². The highest BCUT2D eigenvalue weighted by atomic mass is 19.4. The Morgan fingerprint density at radius 2 is 1.66 bits per heavy atom. The highest BCUT2D eigenvalue weighted by Crippen LogP contribution is 2.36. The molecule has 2 atom stereocenters. The van der Waals surface area contributed by atoms with Gasteiger partial charge in [-0.15, -0.1) is 0 Å². The van der Waals surface area contributed by atoms with Crippen molar-refractivity contribution >= 4 is 5.91 Å². The van der Waals surface area contributed by atoms with Crippen LogP contribution in [0.4, 0.5) is 26.3 Å². The molecular formula is C20H26F6N2O. The summed E-state index contributed by atoms with van der Waals surface area (Å²) in [6, 6.07) is 1.43. The van der Waals surface area contributed by atoms with Crippen molar-refractivity contribution in [1.29, 1.82) is 0 Å². The molecule has 0 bridgehead atoms. The third kappa shape index (κ3) is 6.35. The summed E-state index contributed by atoms with van der Waals surface area (Å²) < 4.78 is 77.9. The molecule has 1 heterocycles. The molecule has 3 nitrogen and oxygen atoms in total. The summed E-state index contributed by atoms with van der Waals surface area (Å²) in [4.78, 5) is 14.2. The maximum Gasteiger partial charge on any atom is 0.416 e. The zero-order chi connectivity index (χ0) is 22.0. The number of amides is 1. The highest BCUT2D eigenvalue weighted by Gasteiger charge is 2.37. The number of hydrogen-bond acceptors (Lipinski definition) is 2. The number of likely N-dealkylation sites (tertiary alicyclic amines) is 1. The van der Waals surface area contributed by atoms with Gasteiger partial charge in [0, 0.05) is 31.6 Å². The second-order valence-corrected chi connectivity index (χ2v) is 7.93. The van der Waals surface area contributed by atoms with Crippen molar-refractivity contribution in [2.24, 2.45) is 5.92 Å². The molecular weight excluding hydrogens is 398 g/mol. The first-order valence-electron chi connectivity index (χ1n) is 9.62. The Balaban J connectivity index is 2.12. The maximum absolute atomic E-state index is 13.0. The van der Waals surface area contributed by atoms with Gasteiger partial charge >= 0.3 is 12.4 Å². The van der Waals surface area contributed by atoms with Crippen LogP contribution in [-0.2, 0) is 23.7 Å². The predicted octanol–water partition coefficient (Wildman–Crippen LogP) is 5.24. The van der Waals surface area contributed by atoms with E-state index < -0.39 is 23.5 Å². The lowest BCUT2D eigenvalue weighted by molar-refractivity contribution is -0.143. The molecule has 1 aliphatic heterocycles. The number of benzene rings is 1. The third-order valence-electron chi connectivity index (χ3n) is 5.03. The summed E-state index contributed by atoms with van der Waals surface area (Å²) in [5.41, 5.74) is -2.74. The molecule has 1 aromatic carbocycles. The summed E-state index contributed by atoms with van der Waals surface area (Å²) in [6.45, 7) is 6.09. The number of alkyl halides is 6. The normalized spacial score (nSPS) is 20.6. The molecule has 0 radical (unpaired) electrons. The maximum atomic E-state index is 13.0. The number of rotatable bonds is 6. The van der Waals surface area contributed by atoms with Crippen LogP contribution in [0.5, 0.6) is 0 Å². The van der Waals surface area contributed by atoms with Crippen molar-refractivity contribution in [2.45, 2.75) is 71.0 Å². The van der Waals surface area contributed by atoms with Crippen LogP contribution in [0.25, 0.3) is 0 Å². The molecule has 2 rings (SSSR count). The van der Waals surface area contributed by atoms with Crippen LogP contribution in [0.1, 0.15) is 56.7 Å². The molecule has 0 saturated carbocycles. The summed E-state index contributed by atoms with van der Waals surface area (Å²) in [5, 5.41) is 3.03. The van der Waals surface area contributed by atoms with Gasteiger partial charge < -0.3 is 10.2 Å². The zero-order valence-corrected chi connectivity index (χ0v) is 16.6. The lowest BCUT2D eigenvalue weighted by Gasteiger charge is -2.24. The first-order valence-corrected chi connectivity index (χ1v) is 9.62. The predicted molar refractivity (Wildman–Crippen MR) is 96.9 cm³/mol. The van der Waals surface area contributed by atoms with E-state index in [1.54, 1.807) is 4.90 Å². The number of hydrogen-bond donors (Lipinski definition) is 1. The van der Waals surface area contributed by atoms with E-state index in [4.69, 9.17) is 0 Å². The fourth-order valence-electron chi connectivity index (χ4n) is 3.61. The van der Waals surface area contributed by atoms with Gasteiger partial charge in [-0.2, -0.15) is 26.3 Å². The Kier molecular flexibility index (Phi) is 7.24. The topological polar surface area (TPSA) is 32.3 Å². The fourth-order valence-corrected chi connectivity index (χ4v) is 3.61. The Morgan fingerprint density at radius 1 is 1.10 bits per heavy atom. The average Bonchev–Trinajstić information content (AvgIpc) is 3.01.